The zero-order valence-corrected chi connectivity index (χ0v) is 10.1. The van der Waals surface area contributed by atoms with E-state index in [-0.39, 0.29) is 6.04 Å². The monoisotopic (exact) mass is 212 g/mol. The van der Waals surface area contributed by atoms with Crippen molar-refractivity contribution in [2.75, 3.05) is 0 Å². The van der Waals surface area contributed by atoms with Crippen LogP contribution in [0.5, 0.6) is 0 Å². The second-order valence-corrected chi connectivity index (χ2v) is 4.71. The summed E-state index contributed by atoms with van der Waals surface area (Å²) in [5, 5.41) is 0. The number of aryl methyl sites for hydroxylation is 1. The van der Waals surface area contributed by atoms with Crippen molar-refractivity contribution in [2.24, 2.45) is 11.7 Å². The minimum Gasteiger partial charge on any atom is -0.323 e. The molecule has 0 saturated carbocycles. The van der Waals surface area contributed by atoms with Gasteiger partial charge in [-0.05, 0) is 19.3 Å². The molecular formula is C11H20N2S. The van der Waals surface area contributed by atoms with Gasteiger partial charge in [-0.15, -0.1) is 11.3 Å². The van der Waals surface area contributed by atoms with Gasteiger partial charge >= 0.3 is 0 Å². The van der Waals surface area contributed by atoms with Crippen molar-refractivity contribution in [1.29, 1.82) is 0 Å². The number of nitrogens with two attached hydrogens (primary N) is 1. The fourth-order valence-electron chi connectivity index (χ4n) is 1.75. The molecule has 0 radical (unpaired) electrons. The normalized spacial score (nSPS) is 13.5. The topological polar surface area (TPSA) is 38.9 Å². The molecule has 80 valence electrons. The third-order valence-electron chi connectivity index (χ3n) is 2.86. The highest BCUT2D eigenvalue weighted by molar-refractivity contribution is 7.09. The van der Waals surface area contributed by atoms with E-state index in [9.17, 15) is 0 Å². The third-order valence-corrected chi connectivity index (χ3v) is 3.92. The van der Waals surface area contributed by atoms with Gasteiger partial charge in [0, 0.05) is 10.9 Å². The summed E-state index contributed by atoms with van der Waals surface area (Å²) in [4.78, 5) is 5.50. The van der Waals surface area contributed by atoms with E-state index in [4.69, 9.17) is 5.73 Å². The molecule has 1 rings (SSSR count). The van der Waals surface area contributed by atoms with E-state index in [0.717, 1.165) is 18.0 Å². The summed E-state index contributed by atoms with van der Waals surface area (Å²) >= 11 is 1.68. The van der Waals surface area contributed by atoms with Crippen molar-refractivity contribution in [2.45, 2.75) is 46.1 Å². The molecule has 1 heterocycles. The first-order valence-electron chi connectivity index (χ1n) is 5.34. The average molecular weight is 212 g/mol. The molecule has 1 aromatic rings. The first-order chi connectivity index (χ1) is 6.69. The Labute approximate surface area is 90.6 Å². The number of hydrogen-bond donors (Lipinski definition) is 1. The van der Waals surface area contributed by atoms with Crippen LogP contribution >= 0.6 is 11.3 Å². The van der Waals surface area contributed by atoms with Crippen LogP contribution in [0.1, 0.15) is 49.7 Å². The van der Waals surface area contributed by atoms with Crippen molar-refractivity contribution >= 4 is 11.3 Å². The van der Waals surface area contributed by atoms with E-state index in [1.807, 2.05) is 12.4 Å². The molecule has 1 atom stereocenters. The first kappa shape index (κ1) is 11.7. The van der Waals surface area contributed by atoms with E-state index in [1.165, 1.54) is 17.7 Å². The van der Waals surface area contributed by atoms with Crippen LogP contribution in [0, 0.1) is 12.8 Å². The smallest absolute Gasteiger partial charge is 0.0798 e. The maximum Gasteiger partial charge on any atom is 0.0798 e. The van der Waals surface area contributed by atoms with Gasteiger partial charge in [0.15, 0.2) is 0 Å². The lowest BCUT2D eigenvalue weighted by Gasteiger charge is -2.17. The van der Waals surface area contributed by atoms with Crippen molar-refractivity contribution in [3.8, 4) is 0 Å². The quantitative estimate of drug-likeness (QED) is 0.813. The van der Waals surface area contributed by atoms with Gasteiger partial charge in [-0.25, -0.2) is 4.98 Å². The molecule has 0 bridgehead atoms. The fourth-order valence-corrected chi connectivity index (χ4v) is 2.57. The van der Waals surface area contributed by atoms with Crippen LogP contribution in [0.3, 0.4) is 0 Å². The Morgan fingerprint density at radius 1 is 1.43 bits per heavy atom. The largest absolute Gasteiger partial charge is 0.323 e. The van der Waals surface area contributed by atoms with Crippen molar-refractivity contribution in [3.63, 3.8) is 0 Å². The van der Waals surface area contributed by atoms with Crippen LogP contribution in [0.2, 0.25) is 0 Å². The molecule has 0 spiro atoms. The molecule has 0 aromatic carbocycles. The van der Waals surface area contributed by atoms with Crippen molar-refractivity contribution < 1.29 is 0 Å². The van der Waals surface area contributed by atoms with Crippen LogP contribution in [0.4, 0.5) is 0 Å². The molecule has 0 saturated heterocycles. The third kappa shape index (κ3) is 2.79. The van der Waals surface area contributed by atoms with Gasteiger partial charge in [0.05, 0.1) is 11.2 Å². The van der Waals surface area contributed by atoms with Gasteiger partial charge in [0.25, 0.3) is 0 Å². The Morgan fingerprint density at radius 3 is 2.50 bits per heavy atom. The molecule has 1 unspecified atom stereocenters. The number of rotatable bonds is 5. The summed E-state index contributed by atoms with van der Waals surface area (Å²) in [6.45, 7) is 6.51. The molecule has 0 amide bonds. The highest BCUT2D eigenvalue weighted by atomic mass is 32.1. The van der Waals surface area contributed by atoms with Gasteiger partial charge in [0.1, 0.15) is 0 Å². The number of nitrogens with zero attached hydrogens (tertiary/aromatic N) is 1. The summed E-state index contributed by atoms with van der Waals surface area (Å²) < 4.78 is 0. The highest BCUT2D eigenvalue weighted by Gasteiger charge is 2.15. The van der Waals surface area contributed by atoms with E-state index < -0.39 is 0 Å². The molecule has 0 aliphatic rings. The van der Waals surface area contributed by atoms with Crippen molar-refractivity contribution in [3.05, 3.63) is 16.1 Å². The van der Waals surface area contributed by atoms with E-state index in [2.05, 4.69) is 18.8 Å². The zero-order chi connectivity index (χ0) is 10.6. The van der Waals surface area contributed by atoms with E-state index in [0.29, 0.717) is 0 Å². The van der Waals surface area contributed by atoms with Crippen LogP contribution in [0.15, 0.2) is 5.51 Å². The predicted octanol–water partition coefficient (Wildman–Crippen LogP) is 3.28. The van der Waals surface area contributed by atoms with Gasteiger partial charge in [-0.2, -0.15) is 0 Å². The molecule has 2 N–H and O–H groups in total. The minimum atomic E-state index is 0.187. The average Bonchev–Trinajstić information content (AvgIpc) is 2.60. The highest BCUT2D eigenvalue weighted by Crippen LogP contribution is 2.27. The van der Waals surface area contributed by atoms with E-state index >= 15 is 0 Å². The lowest BCUT2D eigenvalue weighted by molar-refractivity contribution is 0.416. The maximum atomic E-state index is 6.16. The van der Waals surface area contributed by atoms with Gasteiger partial charge in [-0.1, -0.05) is 26.7 Å². The molecule has 3 heteroatoms. The van der Waals surface area contributed by atoms with Crippen molar-refractivity contribution in [1.82, 2.24) is 4.98 Å². The summed E-state index contributed by atoms with van der Waals surface area (Å²) in [7, 11) is 0. The SMILES string of the molecule is CCC(CC)CC(N)c1scnc1C. The second kappa shape index (κ2) is 5.47. The molecule has 2 nitrogen and oxygen atoms in total. The Bertz CT molecular complexity index is 266. The number of aromatic nitrogens is 1. The van der Waals surface area contributed by atoms with E-state index in [1.54, 1.807) is 11.3 Å². The Morgan fingerprint density at radius 2 is 2.07 bits per heavy atom. The number of thiazole rings is 1. The van der Waals surface area contributed by atoms with Gasteiger partial charge in [-0.3, -0.25) is 0 Å². The standard InChI is InChI=1S/C11H20N2S/c1-4-9(5-2)6-10(12)11-8(3)13-7-14-11/h7,9-10H,4-6,12H2,1-3H3. The maximum absolute atomic E-state index is 6.16. The molecular weight excluding hydrogens is 192 g/mol. The molecule has 14 heavy (non-hydrogen) atoms. The summed E-state index contributed by atoms with van der Waals surface area (Å²) in [5.74, 6) is 0.756. The fraction of sp³-hybridized carbons (Fsp3) is 0.727. The number of hydrogen-bond acceptors (Lipinski definition) is 3. The summed E-state index contributed by atoms with van der Waals surface area (Å²) in [6, 6.07) is 0.187. The molecule has 1 aromatic heterocycles. The summed E-state index contributed by atoms with van der Waals surface area (Å²) in [5.41, 5.74) is 9.15. The minimum absolute atomic E-state index is 0.187. The van der Waals surface area contributed by atoms with Crippen LogP contribution in [-0.4, -0.2) is 4.98 Å². The Balaban J connectivity index is 2.58. The first-order valence-corrected chi connectivity index (χ1v) is 6.22. The van der Waals surface area contributed by atoms with Gasteiger partial charge < -0.3 is 5.73 Å². The van der Waals surface area contributed by atoms with Crippen LogP contribution in [0.25, 0.3) is 0 Å². The van der Waals surface area contributed by atoms with Crippen LogP contribution < -0.4 is 5.73 Å². The Kier molecular flexibility index (Phi) is 4.55. The van der Waals surface area contributed by atoms with Gasteiger partial charge in [0.2, 0.25) is 0 Å². The second-order valence-electron chi connectivity index (χ2n) is 3.83. The molecule has 0 fully saturated rings. The molecule has 0 aliphatic heterocycles. The van der Waals surface area contributed by atoms with Crippen LogP contribution in [-0.2, 0) is 0 Å². The Hall–Kier alpha value is -0.410. The zero-order valence-electron chi connectivity index (χ0n) is 9.29. The predicted molar refractivity (Wildman–Crippen MR) is 62.5 cm³/mol. The lowest BCUT2D eigenvalue weighted by Crippen LogP contribution is -2.14. The lowest BCUT2D eigenvalue weighted by atomic mass is 9.94. The molecule has 0 aliphatic carbocycles. The summed E-state index contributed by atoms with van der Waals surface area (Å²) in [6.07, 6.45) is 3.54.